The Balaban J connectivity index is 2.31. The van der Waals surface area contributed by atoms with E-state index in [2.05, 4.69) is 14.7 Å². The van der Waals surface area contributed by atoms with E-state index in [4.69, 9.17) is 11.6 Å². The number of ether oxygens (including phenoxy) is 1. The maximum absolute atomic E-state index is 11.3. The zero-order chi connectivity index (χ0) is 10.8. The van der Waals surface area contributed by atoms with Gasteiger partial charge in [0.2, 0.25) is 5.95 Å². The molecule has 0 N–H and O–H groups in total. The summed E-state index contributed by atoms with van der Waals surface area (Å²) >= 11 is 5.79. The van der Waals surface area contributed by atoms with Gasteiger partial charge in [0.1, 0.15) is 5.15 Å². The van der Waals surface area contributed by atoms with Crippen molar-refractivity contribution in [3.63, 3.8) is 0 Å². The van der Waals surface area contributed by atoms with Gasteiger partial charge in [0, 0.05) is 19.2 Å². The van der Waals surface area contributed by atoms with Crippen molar-refractivity contribution < 1.29 is 9.53 Å². The number of carbonyl (C=O) groups is 1. The monoisotopic (exact) mass is 227 g/mol. The first kappa shape index (κ1) is 10.2. The number of rotatable bonds is 2. The van der Waals surface area contributed by atoms with Crippen molar-refractivity contribution in [3.05, 3.63) is 16.9 Å². The Morgan fingerprint density at radius 1 is 1.53 bits per heavy atom. The van der Waals surface area contributed by atoms with Crippen LogP contribution in [0.25, 0.3) is 0 Å². The number of carbonyl (C=O) groups excluding carboxylic acids is 1. The van der Waals surface area contributed by atoms with Crippen LogP contribution in [-0.4, -0.2) is 36.1 Å². The van der Waals surface area contributed by atoms with E-state index < -0.39 is 5.97 Å². The third-order valence-corrected chi connectivity index (χ3v) is 2.41. The SMILES string of the molecule is COC(=O)c1cc(Cl)nc(N2CCC2)n1. The summed E-state index contributed by atoms with van der Waals surface area (Å²) in [4.78, 5) is 21.3. The zero-order valence-electron chi connectivity index (χ0n) is 8.23. The fraction of sp³-hybridized carbons (Fsp3) is 0.444. The second-order valence-electron chi connectivity index (χ2n) is 3.21. The van der Waals surface area contributed by atoms with E-state index in [1.807, 2.05) is 4.90 Å². The minimum Gasteiger partial charge on any atom is -0.464 e. The highest BCUT2D eigenvalue weighted by Gasteiger charge is 2.20. The molecule has 0 aliphatic carbocycles. The largest absolute Gasteiger partial charge is 0.464 e. The van der Waals surface area contributed by atoms with Crippen LogP contribution in [0.4, 0.5) is 5.95 Å². The third-order valence-electron chi connectivity index (χ3n) is 2.22. The molecule has 80 valence electrons. The molecule has 6 heteroatoms. The Morgan fingerprint density at radius 3 is 2.80 bits per heavy atom. The highest BCUT2D eigenvalue weighted by atomic mass is 35.5. The lowest BCUT2D eigenvalue weighted by Crippen LogP contribution is -2.38. The van der Waals surface area contributed by atoms with Gasteiger partial charge in [0.05, 0.1) is 7.11 Å². The van der Waals surface area contributed by atoms with Crippen molar-refractivity contribution in [2.24, 2.45) is 0 Å². The lowest BCUT2D eigenvalue weighted by Gasteiger charge is -2.30. The number of hydrogen-bond acceptors (Lipinski definition) is 5. The van der Waals surface area contributed by atoms with E-state index in [1.165, 1.54) is 13.2 Å². The van der Waals surface area contributed by atoms with Crippen LogP contribution in [0.3, 0.4) is 0 Å². The van der Waals surface area contributed by atoms with Gasteiger partial charge in [0.25, 0.3) is 0 Å². The normalized spacial score (nSPS) is 14.7. The Morgan fingerprint density at radius 2 is 2.27 bits per heavy atom. The average molecular weight is 228 g/mol. The molecule has 5 nitrogen and oxygen atoms in total. The van der Waals surface area contributed by atoms with Crippen molar-refractivity contribution in [1.29, 1.82) is 0 Å². The minimum absolute atomic E-state index is 0.194. The van der Waals surface area contributed by atoms with Crippen LogP contribution in [0.1, 0.15) is 16.9 Å². The van der Waals surface area contributed by atoms with Crippen LogP contribution in [0.5, 0.6) is 0 Å². The van der Waals surface area contributed by atoms with Gasteiger partial charge in [-0.15, -0.1) is 0 Å². The van der Waals surface area contributed by atoms with Gasteiger partial charge in [-0.2, -0.15) is 0 Å². The molecule has 0 aromatic carbocycles. The van der Waals surface area contributed by atoms with Crippen molar-refractivity contribution >= 4 is 23.5 Å². The first-order chi connectivity index (χ1) is 7.20. The lowest BCUT2D eigenvalue weighted by atomic mass is 10.2. The maximum Gasteiger partial charge on any atom is 0.356 e. The molecule has 2 heterocycles. The van der Waals surface area contributed by atoms with Crippen LogP contribution in [0.15, 0.2) is 6.07 Å². The molecule has 1 saturated heterocycles. The topological polar surface area (TPSA) is 55.3 Å². The summed E-state index contributed by atoms with van der Waals surface area (Å²) in [5, 5.41) is 0.257. The van der Waals surface area contributed by atoms with Crippen molar-refractivity contribution in [2.45, 2.75) is 6.42 Å². The Kier molecular flexibility index (Phi) is 2.73. The molecule has 0 atom stereocenters. The van der Waals surface area contributed by atoms with Crippen LogP contribution in [0, 0.1) is 0 Å². The second kappa shape index (κ2) is 4.02. The molecule has 0 spiro atoms. The quantitative estimate of drug-likeness (QED) is 0.560. The molecule has 1 aromatic heterocycles. The van der Waals surface area contributed by atoms with E-state index in [9.17, 15) is 4.79 Å². The molecular weight excluding hydrogens is 218 g/mol. The highest BCUT2D eigenvalue weighted by Crippen LogP contribution is 2.19. The summed E-state index contributed by atoms with van der Waals surface area (Å²) in [7, 11) is 1.31. The van der Waals surface area contributed by atoms with Gasteiger partial charge in [-0.1, -0.05) is 11.6 Å². The molecule has 0 unspecified atom stereocenters. The molecule has 1 aliphatic heterocycles. The Bertz CT molecular complexity index is 393. The van der Waals surface area contributed by atoms with Crippen molar-refractivity contribution in [3.8, 4) is 0 Å². The number of methoxy groups -OCH3 is 1. The summed E-state index contributed by atoms with van der Waals surface area (Å²) in [6.45, 7) is 1.81. The summed E-state index contributed by atoms with van der Waals surface area (Å²) in [5.74, 6) is -0.00442. The van der Waals surface area contributed by atoms with Gasteiger partial charge < -0.3 is 9.64 Å². The molecule has 0 bridgehead atoms. The third kappa shape index (κ3) is 2.02. The fourth-order valence-corrected chi connectivity index (χ4v) is 1.45. The number of hydrogen-bond donors (Lipinski definition) is 0. The lowest BCUT2D eigenvalue weighted by molar-refractivity contribution is 0.0594. The molecule has 15 heavy (non-hydrogen) atoms. The fourth-order valence-electron chi connectivity index (χ4n) is 1.27. The minimum atomic E-state index is -0.499. The molecule has 1 aromatic rings. The summed E-state index contributed by atoms with van der Waals surface area (Å²) in [6.07, 6.45) is 1.11. The molecular formula is C9H10ClN3O2. The number of aromatic nitrogens is 2. The number of halogens is 1. The predicted molar refractivity (Wildman–Crippen MR) is 55.2 cm³/mol. The number of anilines is 1. The number of esters is 1. The van der Waals surface area contributed by atoms with Crippen molar-refractivity contribution in [2.75, 3.05) is 25.1 Å². The first-order valence-corrected chi connectivity index (χ1v) is 4.96. The van der Waals surface area contributed by atoms with Gasteiger partial charge in [-0.05, 0) is 6.42 Å². The maximum atomic E-state index is 11.3. The standard InChI is InChI=1S/C9H10ClN3O2/c1-15-8(14)6-5-7(10)12-9(11-6)13-3-2-4-13/h5H,2-4H2,1H3. The van der Waals surface area contributed by atoms with E-state index >= 15 is 0 Å². The van der Waals surface area contributed by atoms with E-state index in [0.29, 0.717) is 5.95 Å². The summed E-state index contributed by atoms with van der Waals surface area (Å²) in [5.41, 5.74) is 0.194. The summed E-state index contributed by atoms with van der Waals surface area (Å²) in [6, 6.07) is 1.40. The molecule has 0 saturated carbocycles. The molecule has 0 radical (unpaired) electrons. The van der Waals surface area contributed by atoms with E-state index in [0.717, 1.165) is 19.5 Å². The van der Waals surface area contributed by atoms with Gasteiger partial charge in [0.15, 0.2) is 5.69 Å². The smallest absolute Gasteiger partial charge is 0.356 e. The van der Waals surface area contributed by atoms with Gasteiger partial charge >= 0.3 is 5.97 Å². The Hall–Kier alpha value is -1.36. The van der Waals surface area contributed by atoms with Gasteiger partial charge in [-0.3, -0.25) is 0 Å². The zero-order valence-corrected chi connectivity index (χ0v) is 8.99. The van der Waals surface area contributed by atoms with Crippen LogP contribution < -0.4 is 4.90 Å². The molecule has 0 amide bonds. The van der Waals surface area contributed by atoms with Gasteiger partial charge in [-0.25, -0.2) is 14.8 Å². The van der Waals surface area contributed by atoms with Crippen LogP contribution in [-0.2, 0) is 4.74 Å². The predicted octanol–water partition coefficient (Wildman–Crippen LogP) is 1.13. The van der Waals surface area contributed by atoms with E-state index in [-0.39, 0.29) is 10.8 Å². The van der Waals surface area contributed by atoms with Crippen LogP contribution in [0.2, 0.25) is 5.15 Å². The first-order valence-electron chi connectivity index (χ1n) is 4.58. The van der Waals surface area contributed by atoms with Crippen LogP contribution >= 0.6 is 11.6 Å². The Labute approximate surface area is 92.0 Å². The molecule has 1 aliphatic rings. The highest BCUT2D eigenvalue weighted by molar-refractivity contribution is 6.29. The van der Waals surface area contributed by atoms with Crippen molar-refractivity contribution in [1.82, 2.24) is 9.97 Å². The van der Waals surface area contributed by atoms with E-state index in [1.54, 1.807) is 0 Å². The second-order valence-corrected chi connectivity index (χ2v) is 3.60. The molecule has 1 fully saturated rings. The average Bonchev–Trinajstić information content (AvgIpc) is 2.13. The summed E-state index contributed by atoms with van der Waals surface area (Å²) < 4.78 is 4.57. The number of nitrogens with zero attached hydrogens (tertiary/aromatic N) is 3. The molecule has 2 rings (SSSR count).